The van der Waals surface area contributed by atoms with Crippen molar-refractivity contribution in [3.8, 4) is 11.5 Å². The lowest BCUT2D eigenvalue weighted by molar-refractivity contribution is 0.106. The summed E-state index contributed by atoms with van der Waals surface area (Å²) in [4.78, 5) is 7.01. The highest BCUT2D eigenvalue weighted by molar-refractivity contribution is 7.87. The summed E-state index contributed by atoms with van der Waals surface area (Å²) >= 11 is 0. The van der Waals surface area contributed by atoms with E-state index in [1.165, 1.54) is 25.5 Å². The van der Waals surface area contributed by atoms with Crippen molar-refractivity contribution in [2.75, 3.05) is 17.4 Å². The number of rotatable bonds is 8. The minimum atomic E-state index is -2.82. The summed E-state index contributed by atoms with van der Waals surface area (Å²) in [5, 5.41) is 7.12. The molecular formula is C24H27F2N5O2S. The number of anilines is 1. The SMILES string of the molecule is O=S(C1CCN(C2CCC2)CC1)N(Cc1ccc(-c2nnc(C(F)F)o2)cn1)c1ccccc1. The van der Waals surface area contributed by atoms with Gasteiger partial charge in [0.25, 0.3) is 5.89 Å². The first-order valence-corrected chi connectivity index (χ1v) is 12.8. The van der Waals surface area contributed by atoms with E-state index in [2.05, 4.69) is 20.1 Å². The number of alkyl halides is 2. The molecule has 1 saturated carbocycles. The van der Waals surface area contributed by atoms with Gasteiger partial charge in [-0.1, -0.05) is 24.6 Å². The largest absolute Gasteiger partial charge is 0.415 e. The molecule has 1 aromatic carbocycles. The first-order chi connectivity index (χ1) is 16.6. The molecule has 5 rings (SSSR count). The smallest absolute Gasteiger partial charge is 0.314 e. The lowest BCUT2D eigenvalue weighted by Gasteiger charge is -2.42. The molecule has 0 amide bonds. The maximum absolute atomic E-state index is 13.7. The molecule has 1 saturated heterocycles. The Bertz CT molecular complexity index is 1100. The molecule has 2 fully saturated rings. The van der Waals surface area contributed by atoms with Crippen LogP contribution in [0.3, 0.4) is 0 Å². The first-order valence-electron chi connectivity index (χ1n) is 11.6. The second-order valence-corrected chi connectivity index (χ2v) is 10.4. The van der Waals surface area contributed by atoms with Gasteiger partial charge in [-0.3, -0.25) is 9.29 Å². The summed E-state index contributed by atoms with van der Waals surface area (Å²) in [5.41, 5.74) is 2.05. The fourth-order valence-corrected chi connectivity index (χ4v) is 6.02. The summed E-state index contributed by atoms with van der Waals surface area (Å²) in [7, 11) is -1.21. The second kappa shape index (κ2) is 10.3. The molecular weight excluding hydrogens is 460 g/mol. The number of pyridine rings is 1. The van der Waals surface area contributed by atoms with Crippen LogP contribution in [0.1, 0.15) is 50.1 Å². The third-order valence-electron chi connectivity index (χ3n) is 6.62. The van der Waals surface area contributed by atoms with Crippen molar-refractivity contribution in [3.05, 3.63) is 60.2 Å². The van der Waals surface area contributed by atoms with Crippen molar-refractivity contribution < 1.29 is 17.4 Å². The molecule has 34 heavy (non-hydrogen) atoms. The van der Waals surface area contributed by atoms with Crippen LogP contribution >= 0.6 is 0 Å². The number of aromatic nitrogens is 3. The Hall–Kier alpha value is -2.72. The van der Waals surface area contributed by atoms with Gasteiger partial charge in [0.15, 0.2) is 0 Å². The van der Waals surface area contributed by atoms with Crippen molar-refractivity contribution in [2.24, 2.45) is 0 Å². The number of para-hydroxylation sites is 1. The van der Waals surface area contributed by atoms with Crippen molar-refractivity contribution in [2.45, 2.75) is 56.4 Å². The Balaban J connectivity index is 1.30. The van der Waals surface area contributed by atoms with Crippen LogP contribution in [0.15, 0.2) is 53.1 Å². The quantitative estimate of drug-likeness (QED) is 0.456. The molecule has 1 aliphatic heterocycles. The molecule has 3 heterocycles. The van der Waals surface area contributed by atoms with Crippen LogP contribution in [-0.2, 0) is 17.5 Å². The monoisotopic (exact) mass is 487 g/mol. The lowest BCUT2D eigenvalue weighted by Crippen LogP contribution is -2.48. The molecule has 1 unspecified atom stereocenters. The van der Waals surface area contributed by atoms with Crippen LogP contribution in [0.25, 0.3) is 11.5 Å². The van der Waals surface area contributed by atoms with Crippen LogP contribution < -0.4 is 4.31 Å². The second-order valence-electron chi connectivity index (χ2n) is 8.75. The lowest BCUT2D eigenvalue weighted by atomic mass is 9.90. The molecule has 0 radical (unpaired) electrons. The zero-order valence-corrected chi connectivity index (χ0v) is 19.5. The van der Waals surface area contributed by atoms with E-state index in [1.54, 1.807) is 12.1 Å². The van der Waals surface area contributed by atoms with Gasteiger partial charge in [0.05, 0.1) is 23.1 Å². The van der Waals surface area contributed by atoms with Gasteiger partial charge in [-0.15, -0.1) is 10.2 Å². The maximum atomic E-state index is 13.7. The fourth-order valence-electron chi connectivity index (χ4n) is 4.46. The molecule has 0 bridgehead atoms. The molecule has 0 spiro atoms. The number of piperidine rings is 1. The fraction of sp³-hybridized carbons (Fsp3) is 0.458. The standard InChI is InChI=1S/C24H27F2N5O2S/c25-22(26)24-29-28-23(33-24)17-9-10-18(27-15-17)16-31(20-5-2-1-3-6-20)34(32)21-11-13-30(14-12-21)19-7-4-8-19/h1-3,5-6,9-10,15,19,21-22H,4,7-8,11-14,16H2. The average Bonchev–Trinajstić information content (AvgIpc) is 3.33. The van der Waals surface area contributed by atoms with E-state index in [0.717, 1.165) is 37.7 Å². The molecule has 2 aliphatic rings. The van der Waals surface area contributed by atoms with E-state index in [9.17, 15) is 13.0 Å². The maximum Gasteiger partial charge on any atom is 0.314 e. The molecule has 0 N–H and O–H groups in total. The highest BCUT2D eigenvalue weighted by Gasteiger charge is 2.33. The Morgan fingerprint density at radius 3 is 2.41 bits per heavy atom. The van der Waals surface area contributed by atoms with Crippen LogP contribution in [0.2, 0.25) is 0 Å². The van der Waals surface area contributed by atoms with Crippen molar-refractivity contribution in [1.82, 2.24) is 20.1 Å². The number of hydrogen-bond acceptors (Lipinski definition) is 6. The topological polar surface area (TPSA) is 75.4 Å². The van der Waals surface area contributed by atoms with Gasteiger partial charge >= 0.3 is 6.43 Å². The molecule has 180 valence electrons. The Labute approximate surface area is 199 Å². The van der Waals surface area contributed by atoms with E-state index in [1.807, 2.05) is 34.6 Å². The minimum absolute atomic E-state index is 0.00364. The molecule has 7 nitrogen and oxygen atoms in total. The molecule has 2 aromatic heterocycles. The van der Waals surface area contributed by atoms with Crippen molar-refractivity contribution in [3.63, 3.8) is 0 Å². The van der Waals surface area contributed by atoms with E-state index in [0.29, 0.717) is 17.8 Å². The summed E-state index contributed by atoms with van der Waals surface area (Å²) in [6, 6.07) is 13.9. The van der Waals surface area contributed by atoms with Gasteiger partial charge < -0.3 is 9.32 Å². The van der Waals surface area contributed by atoms with Gasteiger partial charge in [-0.2, -0.15) is 8.78 Å². The zero-order chi connectivity index (χ0) is 23.5. The Morgan fingerprint density at radius 1 is 1.06 bits per heavy atom. The number of halogens is 2. The molecule has 1 atom stereocenters. The van der Waals surface area contributed by atoms with Crippen LogP contribution in [0, 0.1) is 0 Å². The summed E-state index contributed by atoms with van der Waals surface area (Å²) in [5.74, 6) is -0.718. The van der Waals surface area contributed by atoms with Gasteiger partial charge in [0, 0.05) is 17.9 Å². The summed E-state index contributed by atoms with van der Waals surface area (Å²) in [6.07, 6.45) is 4.44. The van der Waals surface area contributed by atoms with Gasteiger partial charge in [-0.05, 0) is 63.0 Å². The van der Waals surface area contributed by atoms with Gasteiger partial charge in [-0.25, -0.2) is 4.21 Å². The first kappa shape index (κ1) is 23.0. The van der Waals surface area contributed by atoms with Crippen molar-refractivity contribution >= 4 is 16.7 Å². The number of benzene rings is 1. The van der Waals surface area contributed by atoms with Crippen LogP contribution in [0.5, 0.6) is 0 Å². The van der Waals surface area contributed by atoms with E-state index < -0.39 is 23.3 Å². The molecule has 3 aromatic rings. The Morgan fingerprint density at radius 2 is 1.82 bits per heavy atom. The third kappa shape index (κ3) is 5.02. The normalized spacial score (nSPS) is 18.7. The van der Waals surface area contributed by atoms with Crippen LogP contribution in [0.4, 0.5) is 14.5 Å². The zero-order valence-electron chi connectivity index (χ0n) is 18.7. The molecule has 1 aliphatic carbocycles. The van der Waals surface area contributed by atoms with Crippen molar-refractivity contribution in [1.29, 1.82) is 0 Å². The van der Waals surface area contributed by atoms with Gasteiger partial charge in [0.2, 0.25) is 5.89 Å². The Kier molecular flexibility index (Phi) is 6.96. The van der Waals surface area contributed by atoms with E-state index in [4.69, 9.17) is 4.42 Å². The highest BCUT2D eigenvalue weighted by atomic mass is 32.2. The van der Waals surface area contributed by atoms with E-state index >= 15 is 0 Å². The molecule has 10 heteroatoms. The predicted octanol–water partition coefficient (Wildman–Crippen LogP) is 4.76. The number of hydrogen-bond donors (Lipinski definition) is 0. The van der Waals surface area contributed by atoms with E-state index in [-0.39, 0.29) is 11.1 Å². The minimum Gasteiger partial charge on any atom is -0.415 e. The van der Waals surface area contributed by atoms with Crippen LogP contribution in [-0.4, -0.2) is 48.7 Å². The summed E-state index contributed by atoms with van der Waals surface area (Å²) < 4.78 is 46.1. The third-order valence-corrected chi connectivity index (χ3v) is 8.43. The number of likely N-dealkylation sites (tertiary alicyclic amines) is 1. The number of nitrogens with zero attached hydrogens (tertiary/aromatic N) is 5. The van der Waals surface area contributed by atoms with Gasteiger partial charge in [0.1, 0.15) is 11.0 Å². The predicted molar refractivity (Wildman–Crippen MR) is 125 cm³/mol. The average molecular weight is 488 g/mol. The summed E-state index contributed by atoms with van der Waals surface area (Å²) in [6.45, 7) is 2.37. The highest BCUT2D eigenvalue weighted by Crippen LogP contribution is 2.30.